The van der Waals surface area contributed by atoms with Crippen molar-refractivity contribution in [1.82, 2.24) is 34.6 Å². The summed E-state index contributed by atoms with van der Waals surface area (Å²) in [5, 5.41) is 30.9. The van der Waals surface area contributed by atoms with Gasteiger partial charge in [0.05, 0.1) is 16.9 Å². The van der Waals surface area contributed by atoms with E-state index in [9.17, 15) is 9.90 Å². The number of nitriles is 1. The summed E-state index contributed by atoms with van der Waals surface area (Å²) in [6, 6.07) is 3.67. The number of rotatable bonds is 6. The maximum absolute atomic E-state index is 13.3. The van der Waals surface area contributed by atoms with Crippen molar-refractivity contribution in [3.05, 3.63) is 54.6 Å². The third-order valence-electron chi connectivity index (χ3n) is 6.72. The first kappa shape index (κ1) is 24.3. The lowest BCUT2D eigenvalue weighted by Crippen LogP contribution is -2.43. The molecule has 0 bridgehead atoms. The van der Waals surface area contributed by atoms with Crippen molar-refractivity contribution in [3.8, 4) is 12.0 Å². The third kappa shape index (κ3) is 4.73. The minimum atomic E-state index is -0.936. The van der Waals surface area contributed by atoms with Gasteiger partial charge in [-0.3, -0.25) is 14.0 Å². The maximum atomic E-state index is 13.3. The molecule has 5 rings (SSSR count). The fourth-order valence-electron chi connectivity index (χ4n) is 4.86. The zero-order valence-electron chi connectivity index (χ0n) is 21.0. The van der Waals surface area contributed by atoms with Crippen LogP contribution in [0.25, 0.3) is 17.0 Å². The molecule has 3 N–H and O–H groups in total. The Morgan fingerprint density at radius 1 is 1.30 bits per heavy atom. The Morgan fingerprint density at radius 3 is 2.76 bits per heavy atom. The van der Waals surface area contributed by atoms with Gasteiger partial charge < -0.3 is 15.7 Å². The van der Waals surface area contributed by atoms with Crippen LogP contribution in [-0.4, -0.2) is 52.4 Å². The number of aryl methyl sites for hydroxylation is 1. The molecule has 0 atom stereocenters. The van der Waals surface area contributed by atoms with E-state index in [0.29, 0.717) is 53.9 Å². The molecule has 1 saturated carbocycles. The first-order valence-electron chi connectivity index (χ1n) is 12.2. The summed E-state index contributed by atoms with van der Waals surface area (Å²) < 4.78 is 4.69. The average Bonchev–Trinajstić information content (AvgIpc) is 3.51. The number of fused-ring (bicyclic) bond motifs is 1. The summed E-state index contributed by atoms with van der Waals surface area (Å²) in [5.41, 5.74) is 2.04. The van der Waals surface area contributed by atoms with Crippen LogP contribution in [0, 0.1) is 11.5 Å². The second-order valence-electron chi connectivity index (χ2n) is 9.71. The molecule has 0 aromatic carbocycles. The lowest BCUT2D eigenvalue weighted by atomic mass is 9.80. The zero-order chi connectivity index (χ0) is 26.2. The van der Waals surface area contributed by atoms with Crippen LogP contribution >= 0.6 is 0 Å². The number of nitrogens with one attached hydrogen (secondary N) is 2. The topological polar surface area (TPSA) is 150 Å². The van der Waals surface area contributed by atoms with E-state index in [2.05, 4.69) is 30.7 Å². The molecule has 37 heavy (non-hydrogen) atoms. The normalized spacial score (nSPS) is 19.6. The van der Waals surface area contributed by atoms with Crippen LogP contribution in [0.4, 0.5) is 5.69 Å². The van der Waals surface area contributed by atoms with E-state index >= 15 is 0 Å². The number of imidazole rings is 1. The number of carbonyl (C=O) groups is 1. The summed E-state index contributed by atoms with van der Waals surface area (Å²) in [7, 11) is 1.83. The van der Waals surface area contributed by atoms with Gasteiger partial charge in [-0.15, -0.1) is 0 Å². The third-order valence-corrected chi connectivity index (χ3v) is 6.72. The molecule has 12 nitrogen and oxygen atoms in total. The largest absolute Gasteiger partial charge is 0.384 e. The standard InChI is InChI=1S/C25H28N10O2/c1-16(2)31-19-10-22(35-15-28-20-12-34(13-26)14-29-23(20)35)27-11-18(19)24(36)32-17-4-7-25(37,8-5-17)21-6-9-30-33(21)3/h6,9-12,14-17,37H,4-5,7-8H2,1-3H3,(H-,27,31,32,36)/p+1. The molecule has 0 unspecified atom stereocenters. The lowest BCUT2D eigenvalue weighted by molar-refractivity contribution is -0.588. The van der Waals surface area contributed by atoms with Crippen molar-refractivity contribution < 1.29 is 14.5 Å². The highest BCUT2D eigenvalue weighted by Crippen LogP contribution is 2.37. The maximum Gasteiger partial charge on any atom is 0.375 e. The Labute approximate surface area is 213 Å². The number of hydrogen-bond donors (Lipinski definition) is 3. The summed E-state index contributed by atoms with van der Waals surface area (Å²) in [6.45, 7) is 3.99. The van der Waals surface area contributed by atoms with Crippen LogP contribution in [0.1, 0.15) is 55.6 Å². The number of aromatic nitrogens is 7. The second-order valence-corrected chi connectivity index (χ2v) is 9.71. The smallest absolute Gasteiger partial charge is 0.375 e. The molecule has 4 heterocycles. The van der Waals surface area contributed by atoms with Crippen LogP contribution in [0.5, 0.6) is 0 Å². The molecular weight excluding hydrogens is 472 g/mol. The first-order chi connectivity index (χ1) is 17.8. The Hall–Kier alpha value is -4.37. The Morgan fingerprint density at radius 2 is 2.08 bits per heavy atom. The summed E-state index contributed by atoms with van der Waals surface area (Å²) >= 11 is 0. The highest BCUT2D eigenvalue weighted by Gasteiger charge is 2.37. The fourth-order valence-corrected chi connectivity index (χ4v) is 4.86. The van der Waals surface area contributed by atoms with Gasteiger partial charge in [0.25, 0.3) is 5.91 Å². The summed E-state index contributed by atoms with van der Waals surface area (Å²) in [6.07, 6.45) is 12.2. The molecular formula is C25H29N10O2+. The minimum Gasteiger partial charge on any atom is -0.384 e. The van der Waals surface area contributed by atoms with Gasteiger partial charge in [-0.2, -0.15) is 9.67 Å². The Balaban J connectivity index is 1.35. The number of hydrogen-bond acceptors (Lipinski definition) is 8. The van der Waals surface area contributed by atoms with Crippen molar-refractivity contribution in [2.45, 2.75) is 57.2 Å². The van der Waals surface area contributed by atoms with Crippen molar-refractivity contribution in [2.24, 2.45) is 7.05 Å². The highest BCUT2D eigenvalue weighted by molar-refractivity contribution is 5.99. The SMILES string of the molecule is CC(C)Nc1cc(-n2cnc3c[n+](C#N)cnc32)ncc1C(=O)NC1CCC(O)(c2ccnn2C)CC1. The molecule has 12 heteroatoms. The van der Waals surface area contributed by atoms with Gasteiger partial charge in [-0.25, -0.2) is 9.97 Å². The van der Waals surface area contributed by atoms with E-state index in [4.69, 9.17) is 5.26 Å². The zero-order valence-corrected chi connectivity index (χ0v) is 21.0. The van der Waals surface area contributed by atoms with E-state index < -0.39 is 5.60 Å². The van der Waals surface area contributed by atoms with E-state index in [-0.39, 0.29) is 18.0 Å². The van der Waals surface area contributed by atoms with Gasteiger partial charge >= 0.3 is 6.19 Å². The molecule has 0 aliphatic heterocycles. The minimum absolute atomic E-state index is 0.0544. The van der Waals surface area contributed by atoms with Crippen molar-refractivity contribution in [1.29, 1.82) is 5.26 Å². The highest BCUT2D eigenvalue weighted by atomic mass is 16.3. The molecule has 190 valence electrons. The van der Waals surface area contributed by atoms with Gasteiger partial charge in [-0.05, 0) is 45.6 Å². The number of carbonyl (C=O) groups excluding carboxylic acids is 1. The van der Waals surface area contributed by atoms with Gasteiger partial charge in [0, 0.05) is 42.9 Å². The van der Waals surface area contributed by atoms with Crippen molar-refractivity contribution >= 4 is 22.8 Å². The molecule has 0 saturated heterocycles. The quantitative estimate of drug-likeness (QED) is 0.337. The summed E-state index contributed by atoms with van der Waals surface area (Å²) in [4.78, 5) is 26.5. The van der Waals surface area contributed by atoms with Gasteiger partial charge in [0.15, 0.2) is 5.52 Å². The van der Waals surface area contributed by atoms with Gasteiger partial charge in [0.1, 0.15) is 23.9 Å². The number of pyridine rings is 1. The lowest BCUT2D eigenvalue weighted by Gasteiger charge is -2.36. The molecule has 0 radical (unpaired) electrons. The average molecular weight is 502 g/mol. The predicted molar refractivity (Wildman–Crippen MR) is 133 cm³/mol. The molecule has 1 amide bonds. The van der Waals surface area contributed by atoms with Crippen LogP contribution in [0.2, 0.25) is 0 Å². The van der Waals surface area contributed by atoms with Gasteiger partial charge in [0.2, 0.25) is 12.0 Å². The van der Waals surface area contributed by atoms with Gasteiger partial charge in [-0.1, -0.05) is 4.98 Å². The molecule has 4 aromatic rings. The van der Waals surface area contributed by atoms with Crippen molar-refractivity contribution in [2.75, 3.05) is 5.32 Å². The molecule has 4 aromatic heterocycles. The van der Waals surface area contributed by atoms with Crippen LogP contribution in [0.15, 0.2) is 43.4 Å². The molecule has 1 fully saturated rings. The number of aliphatic hydroxyl groups is 1. The van der Waals surface area contributed by atoms with Crippen molar-refractivity contribution in [3.63, 3.8) is 0 Å². The number of amides is 1. The number of nitrogens with zero attached hydrogens (tertiary/aromatic N) is 8. The van der Waals surface area contributed by atoms with E-state index in [1.54, 1.807) is 40.2 Å². The van der Waals surface area contributed by atoms with Crippen LogP contribution in [0.3, 0.4) is 0 Å². The molecule has 1 aliphatic carbocycles. The van der Waals surface area contributed by atoms with E-state index in [1.165, 1.54) is 10.9 Å². The second kappa shape index (κ2) is 9.59. The molecule has 1 aliphatic rings. The monoisotopic (exact) mass is 501 g/mol. The predicted octanol–water partition coefficient (Wildman–Crippen LogP) is 1.55. The summed E-state index contributed by atoms with van der Waals surface area (Å²) in [5.74, 6) is 0.324. The Bertz CT molecular complexity index is 1490. The van der Waals surface area contributed by atoms with E-state index in [0.717, 1.165) is 5.69 Å². The van der Waals surface area contributed by atoms with E-state index in [1.807, 2.05) is 33.2 Å². The fraction of sp³-hybridized carbons (Fsp3) is 0.400. The Kier molecular flexibility index (Phi) is 6.31. The van der Waals surface area contributed by atoms with Crippen LogP contribution < -0.4 is 15.2 Å². The number of anilines is 1. The van der Waals surface area contributed by atoms with Crippen LogP contribution in [-0.2, 0) is 12.6 Å². The first-order valence-corrected chi connectivity index (χ1v) is 12.2. The molecule has 0 spiro atoms.